The van der Waals surface area contributed by atoms with Gasteiger partial charge in [0.1, 0.15) is 11.5 Å². The number of aromatic nitrogens is 4. The van der Waals surface area contributed by atoms with Crippen LogP contribution < -0.4 is 16.6 Å². The molecule has 0 atom stereocenters. The Hall–Kier alpha value is -3.74. The van der Waals surface area contributed by atoms with E-state index in [-0.39, 0.29) is 28.2 Å². The molecule has 1 amide bonds. The molecule has 0 fully saturated rings. The lowest BCUT2D eigenvalue weighted by Gasteiger charge is -2.08. The Balaban J connectivity index is 1.57. The van der Waals surface area contributed by atoms with E-state index in [1.54, 1.807) is 17.8 Å². The van der Waals surface area contributed by atoms with Crippen LogP contribution in [0.1, 0.15) is 11.1 Å². The van der Waals surface area contributed by atoms with Gasteiger partial charge in [-0.1, -0.05) is 6.07 Å². The van der Waals surface area contributed by atoms with Crippen LogP contribution in [0.5, 0.6) is 0 Å². The highest BCUT2D eigenvalue weighted by Gasteiger charge is 2.34. The zero-order chi connectivity index (χ0) is 24.9. The summed E-state index contributed by atoms with van der Waals surface area (Å²) >= 11 is 1.01. The van der Waals surface area contributed by atoms with Gasteiger partial charge in [0.25, 0.3) is 5.56 Å². The lowest BCUT2D eigenvalue weighted by atomic mass is 10.1. The number of aryl methyl sites for hydroxylation is 2. The fourth-order valence-electron chi connectivity index (χ4n) is 3.73. The van der Waals surface area contributed by atoms with Crippen molar-refractivity contribution in [1.29, 1.82) is 0 Å². The topological polar surface area (TPSA) is 90.9 Å². The average Bonchev–Trinajstić information content (AvgIpc) is 3.33. The number of fused-ring (bicyclic) bond motifs is 1. The molecule has 13 heteroatoms. The first-order valence-electron chi connectivity index (χ1n) is 9.75. The number of thiazole rings is 1. The molecule has 4 rings (SSSR count). The number of hydrogen-bond donors (Lipinski definition) is 1. The molecule has 1 N–H and O–H groups in total. The molecule has 0 radical (unpaired) electrons. The maximum Gasteiger partial charge on any atom is 0.419 e. The van der Waals surface area contributed by atoms with Crippen molar-refractivity contribution in [2.75, 3.05) is 5.32 Å². The van der Waals surface area contributed by atoms with Gasteiger partial charge in [0.05, 0.1) is 23.1 Å². The van der Waals surface area contributed by atoms with E-state index in [1.165, 1.54) is 24.0 Å². The first-order valence-corrected chi connectivity index (χ1v) is 10.6. The van der Waals surface area contributed by atoms with Gasteiger partial charge >= 0.3 is 11.9 Å². The smallest absolute Gasteiger partial charge is 0.336 e. The summed E-state index contributed by atoms with van der Waals surface area (Å²) in [4.78, 5) is 41.6. The van der Waals surface area contributed by atoms with Gasteiger partial charge < -0.3 is 9.88 Å². The number of hydrogen-bond acceptors (Lipinski definition) is 5. The number of alkyl halides is 3. The summed E-state index contributed by atoms with van der Waals surface area (Å²) < 4.78 is 56.0. The van der Waals surface area contributed by atoms with Crippen LogP contribution in [0.3, 0.4) is 0 Å². The number of benzene rings is 1. The summed E-state index contributed by atoms with van der Waals surface area (Å²) in [5.41, 5.74) is -1.29. The van der Waals surface area contributed by atoms with Crippen LogP contribution in [-0.4, -0.2) is 24.6 Å². The Bertz CT molecular complexity index is 1560. The monoisotopic (exact) mass is 495 g/mol. The number of halogens is 4. The number of nitrogens with one attached hydrogen (secondary N) is 1. The molecular weight excluding hydrogens is 478 g/mol. The molecule has 8 nitrogen and oxygen atoms in total. The molecular formula is C21H17F4N5O3S. The molecule has 0 aliphatic carbocycles. The Kier molecular flexibility index (Phi) is 5.67. The number of anilines is 1. The lowest BCUT2D eigenvalue weighted by Crippen LogP contribution is -2.37. The molecule has 178 valence electrons. The minimum Gasteiger partial charge on any atom is -0.336 e. The molecule has 34 heavy (non-hydrogen) atoms. The molecule has 0 aliphatic heterocycles. The molecule has 1 aromatic carbocycles. The molecule has 0 spiro atoms. The normalized spacial score (nSPS) is 11.9. The quantitative estimate of drug-likeness (QED) is 0.441. The van der Waals surface area contributed by atoms with Crippen molar-refractivity contribution >= 4 is 33.4 Å². The summed E-state index contributed by atoms with van der Waals surface area (Å²) in [5.74, 6) is -1.92. The zero-order valence-corrected chi connectivity index (χ0v) is 18.8. The van der Waals surface area contributed by atoms with Gasteiger partial charge in [-0.2, -0.15) is 13.2 Å². The Morgan fingerprint density at radius 3 is 2.50 bits per heavy atom. The molecule has 0 saturated carbocycles. The highest BCUT2D eigenvalue weighted by molar-refractivity contribution is 7.14. The third kappa shape index (κ3) is 4.02. The maximum atomic E-state index is 13.9. The van der Waals surface area contributed by atoms with Gasteiger partial charge in [0.15, 0.2) is 5.13 Å². The molecule has 0 aliphatic rings. The standard InChI is InChI=1S/C21H17F4N5O3S/c1-28-8-11(16-17(28)29(2)20(33)30(3)18(16)32)7-15(31)27-19-26-14(9-34-19)10-4-5-12(13(22)6-10)21(23,24)25/h4-6,8-9H,7H2,1-3H3,(H,26,27,31). The number of nitrogens with zero attached hydrogens (tertiary/aromatic N) is 4. The molecule has 3 aromatic heterocycles. The summed E-state index contributed by atoms with van der Waals surface area (Å²) in [6.45, 7) is 0. The second-order valence-corrected chi connectivity index (χ2v) is 8.48. The zero-order valence-electron chi connectivity index (χ0n) is 18.0. The molecule has 0 saturated heterocycles. The van der Waals surface area contributed by atoms with E-state index in [0.29, 0.717) is 17.3 Å². The van der Waals surface area contributed by atoms with E-state index >= 15 is 0 Å². The minimum absolute atomic E-state index is 0.126. The van der Waals surface area contributed by atoms with Crippen LogP contribution in [0.15, 0.2) is 39.4 Å². The van der Waals surface area contributed by atoms with Crippen LogP contribution in [0.25, 0.3) is 22.3 Å². The number of carbonyl (C=O) groups is 1. The number of carbonyl (C=O) groups excluding carboxylic acids is 1. The number of amides is 1. The fourth-order valence-corrected chi connectivity index (χ4v) is 4.46. The van der Waals surface area contributed by atoms with E-state index in [0.717, 1.165) is 28.0 Å². The van der Waals surface area contributed by atoms with Gasteiger partial charge in [-0.25, -0.2) is 14.2 Å². The van der Waals surface area contributed by atoms with Crippen LogP contribution >= 0.6 is 11.3 Å². The van der Waals surface area contributed by atoms with Crippen molar-refractivity contribution in [3.63, 3.8) is 0 Å². The molecule has 3 heterocycles. The number of rotatable bonds is 4. The van der Waals surface area contributed by atoms with Crippen molar-refractivity contribution in [3.05, 3.63) is 67.6 Å². The van der Waals surface area contributed by atoms with Crippen molar-refractivity contribution in [1.82, 2.24) is 18.7 Å². The highest BCUT2D eigenvalue weighted by Crippen LogP contribution is 2.34. The van der Waals surface area contributed by atoms with Gasteiger partial charge in [-0.05, 0) is 17.7 Å². The largest absolute Gasteiger partial charge is 0.419 e. The Morgan fingerprint density at radius 1 is 1.15 bits per heavy atom. The van der Waals surface area contributed by atoms with Crippen molar-refractivity contribution < 1.29 is 22.4 Å². The van der Waals surface area contributed by atoms with E-state index in [1.807, 2.05) is 0 Å². The highest BCUT2D eigenvalue weighted by atomic mass is 32.1. The van der Waals surface area contributed by atoms with Crippen LogP contribution in [0.4, 0.5) is 22.7 Å². The summed E-state index contributed by atoms with van der Waals surface area (Å²) in [5, 5.41) is 4.44. The molecule has 0 unspecified atom stereocenters. The first-order chi connectivity index (χ1) is 15.9. The van der Waals surface area contributed by atoms with Gasteiger partial charge in [-0.3, -0.25) is 18.7 Å². The van der Waals surface area contributed by atoms with Gasteiger partial charge in [0.2, 0.25) is 5.91 Å². The Morgan fingerprint density at radius 2 is 1.85 bits per heavy atom. The summed E-state index contributed by atoms with van der Waals surface area (Å²) in [6.07, 6.45) is -3.41. The van der Waals surface area contributed by atoms with Gasteiger partial charge in [-0.15, -0.1) is 11.3 Å². The third-order valence-electron chi connectivity index (χ3n) is 5.31. The Labute approximate surface area is 192 Å². The van der Waals surface area contributed by atoms with E-state index < -0.39 is 34.7 Å². The minimum atomic E-state index is -4.81. The SMILES string of the molecule is Cn1c(=O)c2c(CC(=O)Nc3nc(-c4ccc(C(F)(F)F)c(F)c4)cs3)cn(C)c2n(C)c1=O. The second-order valence-electron chi connectivity index (χ2n) is 7.62. The molecule has 4 aromatic rings. The predicted molar refractivity (Wildman–Crippen MR) is 118 cm³/mol. The third-order valence-corrected chi connectivity index (χ3v) is 6.07. The predicted octanol–water partition coefficient (Wildman–Crippen LogP) is 3.04. The maximum absolute atomic E-state index is 13.9. The van der Waals surface area contributed by atoms with Crippen LogP contribution in [-0.2, 0) is 38.5 Å². The van der Waals surface area contributed by atoms with Crippen LogP contribution in [0.2, 0.25) is 0 Å². The lowest BCUT2D eigenvalue weighted by molar-refractivity contribution is -0.140. The second kappa shape index (κ2) is 8.24. The first kappa shape index (κ1) is 23.4. The van der Waals surface area contributed by atoms with Crippen molar-refractivity contribution in [2.45, 2.75) is 12.6 Å². The van der Waals surface area contributed by atoms with Crippen molar-refractivity contribution in [2.24, 2.45) is 21.1 Å². The molecule has 0 bridgehead atoms. The van der Waals surface area contributed by atoms with E-state index in [2.05, 4.69) is 10.3 Å². The van der Waals surface area contributed by atoms with Gasteiger partial charge in [0, 0.05) is 38.3 Å². The summed E-state index contributed by atoms with van der Waals surface area (Å²) in [7, 11) is 4.52. The van der Waals surface area contributed by atoms with E-state index in [9.17, 15) is 31.9 Å². The fraction of sp³-hybridized carbons (Fsp3) is 0.238. The van der Waals surface area contributed by atoms with Crippen LogP contribution in [0, 0.1) is 5.82 Å². The average molecular weight is 495 g/mol. The van der Waals surface area contributed by atoms with E-state index in [4.69, 9.17) is 0 Å². The summed E-state index contributed by atoms with van der Waals surface area (Å²) in [6, 6.07) is 2.47. The van der Waals surface area contributed by atoms with Crippen molar-refractivity contribution in [3.8, 4) is 11.3 Å².